The Labute approximate surface area is 202 Å². The molecule has 0 saturated carbocycles. The standard InChI is InChI=1S/C25H23ClN6O2/c1-17-6-8-20(15-22(17)26)30-25-28-16-21(19-5-2-4-18(14-19)7-9-23(33)34)24(31-25)27-11-13-32-12-3-10-29-32/h2-10,12,14-16H,11,13H2,1H3,(H,33,34)(H2,27,28,30,31). The number of carboxylic acids is 1. The summed E-state index contributed by atoms with van der Waals surface area (Å²) in [6.07, 6.45) is 8.03. The van der Waals surface area contributed by atoms with Crippen molar-refractivity contribution in [1.29, 1.82) is 0 Å². The predicted octanol–water partition coefficient (Wildman–Crippen LogP) is 5.26. The van der Waals surface area contributed by atoms with Crippen LogP contribution in [0.15, 0.2) is 73.2 Å². The molecule has 0 spiro atoms. The van der Waals surface area contributed by atoms with Crippen molar-refractivity contribution in [3.8, 4) is 11.1 Å². The topological polar surface area (TPSA) is 105 Å². The Morgan fingerprint density at radius 3 is 2.85 bits per heavy atom. The van der Waals surface area contributed by atoms with E-state index < -0.39 is 5.97 Å². The summed E-state index contributed by atoms with van der Waals surface area (Å²) < 4.78 is 1.83. The molecule has 0 unspecified atom stereocenters. The highest BCUT2D eigenvalue weighted by molar-refractivity contribution is 6.31. The summed E-state index contributed by atoms with van der Waals surface area (Å²) in [5.74, 6) is 0.0655. The molecular formula is C25H23ClN6O2. The number of anilines is 3. The van der Waals surface area contributed by atoms with Gasteiger partial charge in [-0.1, -0.05) is 35.9 Å². The average molecular weight is 475 g/mol. The van der Waals surface area contributed by atoms with Gasteiger partial charge < -0.3 is 15.7 Å². The van der Waals surface area contributed by atoms with Gasteiger partial charge in [0, 0.05) is 47.5 Å². The third-order valence-electron chi connectivity index (χ3n) is 5.03. The lowest BCUT2D eigenvalue weighted by atomic mass is 10.0. The maximum absolute atomic E-state index is 10.9. The van der Waals surface area contributed by atoms with E-state index >= 15 is 0 Å². The van der Waals surface area contributed by atoms with Crippen LogP contribution in [0.5, 0.6) is 0 Å². The van der Waals surface area contributed by atoms with E-state index in [0.29, 0.717) is 29.9 Å². The molecule has 0 aliphatic heterocycles. The largest absolute Gasteiger partial charge is 0.478 e. The van der Waals surface area contributed by atoms with Crippen molar-refractivity contribution in [3.05, 3.63) is 89.3 Å². The van der Waals surface area contributed by atoms with Crippen molar-refractivity contribution in [3.63, 3.8) is 0 Å². The molecule has 0 saturated heterocycles. The first-order valence-corrected chi connectivity index (χ1v) is 11.0. The number of halogens is 1. The van der Waals surface area contributed by atoms with E-state index in [1.807, 2.05) is 66.3 Å². The summed E-state index contributed by atoms with van der Waals surface area (Å²) in [5, 5.41) is 20.4. The average Bonchev–Trinajstić information content (AvgIpc) is 3.34. The summed E-state index contributed by atoms with van der Waals surface area (Å²) in [4.78, 5) is 20.1. The normalized spacial score (nSPS) is 11.0. The lowest BCUT2D eigenvalue weighted by Crippen LogP contribution is -2.13. The summed E-state index contributed by atoms with van der Waals surface area (Å²) in [7, 11) is 0. The van der Waals surface area contributed by atoms with E-state index in [1.54, 1.807) is 18.5 Å². The number of rotatable bonds is 9. The van der Waals surface area contributed by atoms with Crippen molar-refractivity contribution in [2.75, 3.05) is 17.2 Å². The van der Waals surface area contributed by atoms with Crippen LogP contribution in [0.1, 0.15) is 11.1 Å². The second kappa shape index (κ2) is 10.6. The molecule has 2 aromatic carbocycles. The Morgan fingerprint density at radius 2 is 2.09 bits per heavy atom. The molecule has 8 nitrogen and oxygen atoms in total. The van der Waals surface area contributed by atoms with Crippen molar-refractivity contribution < 1.29 is 9.90 Å². The third-order valence-corrected chi connectivity index (χ3v) is 5.43. The molecule has 0 bridgehead atoms. The summed E-state index contributed by atoms with van der Waals surface area (Å²) in [6, 6.07) is 15.1. The Hall–Kier alpha value is -4.17. The number of nitrogens with zero attached hydrogens (tertiary/aromatic N) is 4. The molecule has 34 heavy (non-hydrogen) atoms. The van der Waals surface area contributed by atoms with Crippen LogP contribution >= 0.6 is 11.6 Å². The van der Waals surface area contributed by atoms with Crippen molar-refractivity contribution in [2.24, 2.45) is 0 Å². The van der Waals surface area contributed by atoms with Crippen LogP contribution in [-0.4, -0.2) is 37.4 Å². The molecule has 9 heteroatoms. The first-order chi connectivity index (χ1) is 16.5. The summed E-state index contributed by atoms with van der Waals surface area (Å²) in [6.45, 7) is 3.20. The molecule has 4 rings (SSSR count). The number of nitrogens with one attached hydrogen (secondary N) is 2. The van der Waals surface area contributed by atoms with Gasteiger partial charge in [-0.3, -0.25) is 4.68 Å². The minimum Gasteiger partial charge on any atom is -0.478 e. The summed E-state index contributed by atoms with van der Waals surface area (Å²) in [5.41, 5.74) is 4.18. The maximum Gasteiger partial charge on any atom is 0.328 e. The highest BCUT2D eigenvalue weighted by Gasteiger charge is 2.11. The number of aromatic nitrogens is 4. The molecule has 2 heterocycles. The second-order valence-corrected chi connectivity index (χ2v) is 7.94. The van der Waals surface area contributed by atoms with E-state index in [9.17, 15) is 4.79 Å². The number of aliphatic carboxylic acids is 1. The minimum absolute atomic E-state index is 0.423. The van der Waals surface area contributed by atoms with Crippen molar-refractivity contribution >= 4 is 41.1 Å². The van der Waals surface area contributed by atoms with Crippen LogP contribution in [0.4, 0.5) is 17.5 Å². The molecule has 3 N–H and O–H groups in total. The number of aryl methyl sites for hydroxylation is 1. The van der Waals surface area contributed by atoms with Crippen molar-refractivity contribution in [1.82, 2.24) is 19.7 Å². The zero-order valence-corrected chi connectivity index (χ0v) is 19.2. The van der Waals surface area contributed by atoms with Crippen LogP contribution < -0.4 is 10.6 Å². The summed E-state index contributed by atoms with van der Waals surface area (Å²) >= 11 is 6.25. The van der Waals surface area contributed by atoms with E-state index in [1.165, 1.54) is 0 Å². The Balaban J connectivity index is 1.63. The number of hydrogen-bond donors (Lipinski definition) is 3. The Bertz CT molecular complexity index is 1320. The molecule has 0 aliphatic rings. The molecule has 4 aromatic rings. The fourth-order valence-corrected chi connectivity index (χ4v) is 3.47. The smallest absolute Gasteiger partial charge is 0.328 e. The van der Waals surface area contributed by atoms with Gasteiger partial charge in [0.1, 0.15) is 5.82 Å². The van der Waals surface area contributed by atoms with Gasteiger partial charge in [0.25, 0.3) is 0 Å². The zero-order chi connectivity index (χ0) is 23.9. The highest BCUT2D eigenvalue weighted by Crippen LogP contribution is 2.29. The molecule has 2 aromatic heterocycles. The molecule has 0 fully saturated rings. The lowest BCUT2D eigenvalue weighted by Gasteiger charge is -2.14. The van der Waals surface area contributed by atoms with Crippen LogP contribution in [-0.2, 0) is 11.3 Å². The number of benzene rings is 2. The minimum atomic E-state index is -0.999. The van der Waals surface area contributed by atoms with E-state index in [-0.39, 0.29) is 0 Å². The van der Waals surface area contributed by atoms with Crippen LogP contribution in [0.25, 0.3) is 17.2 Å². The Morgan fingerprint density at radius 1 is 1.21 bits per heavy atom. The second-order valence-electron chi connectivity index (χ2n) is 7.54. The van der Waals surface area contributed by atoms with E-state index in [4.69, 9.17) is 21.7 Å². The number of carbonyl (C=O) groups is 1. The first kappa shape index (κ1) is 23.0. The molecule has 0 radical (unpaired) electrons. The van der Waals surface area contributed by atoms with Gasteiger partial charge in [-0.25, -0.2) is 9.78 Å². The molecule has 0 atom stereocenters. The van der Waals surface area contributed by atoms with Gasteiger partial charge in [0.15, 0.2) is 0 Å². The van der Waals surface area contributed by atoms with Gasteiger partial charge in [-0.05, 0) is 54.0 Å². The fraction of sp³-hybridized carbons (Fsp3) is 0.120. The van der Waals surface area contributed by atoms with Crippen LogP contribution in [0, 0.1) is 6.92 Å². The SMILES string of the molecule is Cc1ccc(Nc2ncc(-c3cccc(C=CC(=O)O)c3)c(NCCn3cccn3)n2)cc1Cl. The number of hydrogen-bond acceptors (Lipinski definition) is 6. The van der Waals surface area contributed by atoms with Gasteiger partial charge >= 0.3 is 5.97 Å². The maximum atomic E-state index is 10.9. The zero-order valence-electron chi connectivity index (χ0n) is 18.4. The number of carboxylic acid groups (broad SMARTS) is 1. The van der Waals surface area contributed by atoms with Crippen molar-refractivity contribution in [2.45, 2.75) is 13.5 Å². The Kier molecular flexibility index (Phi) is 7.19. The molecule has 0 aliphatic carbocycles. The fourth-order valence-electron chi connectivity index (χ4n) is 3.29. The van der Waals surface area contributed by atoms with Gasteiger partial charge in [0.2, 0.25) is 5.95 Å². The predicted molar refractivity (Wildman–Crippen MR) is 134 cm³/mol. The van der Waals surface area contributed by atoms with Crippen LogP contribution in [0.2, 0.25) is 5.02 Å². The molecule has 172 valence electrons. The highest BCUT2D eigenvalue weighted by atomic mass is 35.5. The first-order valence-electron chi connectivity index (χ1n) is 10.6. The molecule has 0 amide bonds. The monoisotopic (exact) mass is 474 g/mol. The van der Waals surface area contributed by atoms with E-state index in [2.05, 4.69) is 20.7 Å². The van der Waals surface area contributed by atoms with Gasteiger partial charge in [-0.2, -0.15) is 10.1 Å². The lowest BCUT2D eigenvalue weighted by molar-refractivity contribution is -0.131. The van der Waals surface area contributed by atoms with Crippen LogP contribution in [0.3, 0.4) is 0 Å². The van der Waals surface area contributed by atoms with Gasteiger partial charge in [0.05, 0.1) is 6.54 Å². The third kappa shape index (κ3) is 5.99. The molecular weight excluding hydrogens is 452 g/mol. The quantitative estimate of drug-likeness (QED) is 0.284. The van der Waals surface area contributed by atoms with Gasteiger partial charge in [-0.15, -0.1) is 0 Å². The van der Waals surface area contributed by atoms with E-state index in [0.717, 1.165) is 34.0 Å².